The molecule has 0 bridgehead atoms. The molecule has 1 saturated carbocycles. The van der Waals surface area contributed by atoms with Crippen molar-refractivity contribution in [1.82, 2.24) is 10.3 Å². The predicted molar refractivity (Wildman–Crippen MR) is 150 cm³/mol. The largest absolute Gasteiger partial charge is 0.377 e. The fourth-order valence-corrected chi connectivity index (χ4v) is 6.37. The first-order valence-corrected chi connectivity index (χ1v) is 14.2. The lowest BCUT2D eigenvalue weighted by molar-refractivity contribution is -0.126. The van der Waals surface area contributed by atoms with Gasteiger partial charge in [-0.3, -0.25) is 19.5 Å². The average Bonchev–Trinajstić information content (AvgIpc) is 3.47. The zero-order valence-electron chi connectivity index (χ0n) is 23.2. The SMILES string of the molecule is CC1=C(C(=O)N(c2ccc(C(C)(C)C)cc2)C(C(=O)NC2CCCCC2)c2cccnc2)C2CCOC2C1. The number of amides is 2. The molecule has 2 amide bonds. The summed E-state index contributed by atoms with van der Waals surface area (Å²) in [5.74, 6) is -0.167. The van der Waals surface area contributed by atoms with Crippen LogP contribution in [0.25, 0.3) is 0 Å². The van der Waals surface area contributed by atoms with Gasteiger partial charge in [-0.25, -0.2) is 0 Å². The van der Waals surface area contributed by atoms with Gasteiger partial charge in [-0.1, -0.05) is 63.8 Å². The maximum Gasteiger partial charge on any atom is 0.255 e. The van der Waals surface area contributed by atoms with Gasteiger partial charge in [0.2, 0.25) is 5.91 Å². The van der Waals surface area contributed by atoms with Crippen molar-refractivity contribution in [3.05, 3.63) is 71.1 Å². The molecule has 0 spiro atoms. The highest BCUT2D eigenvalue weighted by Gasteiger charge is 2.44. The Morgan fingerprint density at radius 3 is 2.45 bits per heavy atom. The van der Waals surface area contributed by atoms with E-state index in [-0.39, 0.29) is 35.3 Å². The summed E-state index contributed by atoms with van der Waals surface area (Å²) >= 11 is 0. The molecule has 3 atom stereocenters. The third kappa shape index (κ3) is 5.42. The highest BCUT2D eigenvalue weighted by molar-refractivity contribution is 6.10. The number of pyridine rings is 1. The minimum absolute atomic E-state index is 0.0204. The van der Waals surface area contributed by atoms with Crippen LogP contribution in [0.15, 0.2) is 59.9 Å². The molecule has 6 nitrogen and oxygen atoms in total. The number of fused-ring (bicyclic) bond motifs is 1. The van der Waals surface area contributed by atoms with Gasteiger partial charge in [-0.2, -0.15) is 0 Å². The number of ether oxygens (including phenoxy) is 1. The number of aromatic nitrogens is 1. The van der Waals surface area contributed by atoms with Gasteiger partial charge < -0.3 is 10.1 Å². The Bertz CT molecular complexity index is 1180. The summed E-state index contributed by atoms with van der Waals surface area (Å²) in [5, 5.41) is 3.30. The van der Waals surface area contributed by atoms with Crippen LogP contribution in [-0.4, -0.2) is 35.6 Å². The molecule has 5 rings (SSSR count). The summed E-state index contributed by atoms with van der Waals surface area (Å²) < 4.78 is 5.96. The van der Waals surface area contributed by atoms with Crippen LogP contribution in [0.2, 0.25) is 0 Å². The number of carbonyl (C=O) groups excluding carboxylic acids is 2. The van der Waals surface area contributed by atoms with E-state index in [1.165, 1.54) is 12.0 Å². The Morgan fingerprint density at radius 1 is 1.05 bits per heavy atom. The molecule has 3 aliphatic rings. The molecule has 1 aliphatic heterocycles. The van der Waals surface area contributed by atoms with Crippen LogP contribution in [0, 0.1) is 5.92 Å². The molecule has 2 aromatic rings. The number of benzene rings is 1. The zero-order valence-corrected chi connectivity index (χ0v) is 23.2. The van der Waals surface area contributed by atoms with Gasteiger partial charge in [0.15, 0.2) is 0 Å². The van der Waals surface area contributed by atoms with Gasteiger partial charge in [-0.15, -0.1) is 0 Å². The van der Waals surface area contributed by atoms with Crippen LogP contribution in [-0.2, 0) is 19.7 Å². The molecule has 202 valence electrons. The molecule has 6 heteroatoms. The van der Waals surface area contributed by atoms with Gasteiger partial charge in [-0.05, 0) is 61.8 Å². The summed E-state index contributed by atoms with van der Waals surface area (Å²) in [4.78, 5) is 34.8. The first-order chi connectivity index (χ1) is 18.2. The van der Waals surface area contributed by atoms with Crippen LogP contribution < -0.4 is 10.2 Å². The van der Waals surface area contributed by atoms with E-state index in [4.69, 9.17) is 4.74 Å². The smallest absolute Gasteiger partial charge is 0.255 e. The molecule has 3 unspecified atom stereocenters. The number of hydrogen-bond donors (Lipinski definition) is 1. The first-order valence-electron chi connectivity index (χ1n) is 14.2. The summed E-state index contributed by atoms with van der Waals surface area (Å²) in [7, 11) is 0. The standard InChI is InChI=1S/C32H41N3O3/c1-21-19-27-26(16-18-38-27)28(21)31(37)35(25-14-12-23(13-15-25)32(2,3)4)29(22-9-8-17-33-20-22)30(36)34-24-10-6-5-7-11-24/h8-9,12-15,17,20,24,26-27,29H,5-7,10-11,16,18-19H2,1-4H3,(H,34,36). The molecular formula is C32H41N3O3. The van der Waals surface area contributed by atoms with Crippen LogP contribution >= 0.6 is 0 Å². The monoisotopic (exact) mass is 515 g/mol. The number of nitrogens with one attached hydrogen (secondary N) is 1. The van der Waals surface area contributed by atoms with Gasteiger partial charge in [0.05, 0.1) is 6.10 Å². The third-order valence-electron chi connectivity index (χ3n) is 8.47. The highest BCUT2D eigenvalue weighted by atomic mass is 16.5. The van der Waals surface area contributed by atoms with E-state index in [0.29, 0.717) is 12.2 Å². The van der Waals surface area contributed by atoms with E-state index in [0.717, 1.165) is 55.4 Å². The molecule has 2 fully saturated rings. The van der Waals surface area contributed by atoms with E-state index < -0.39 is 6.04 Å². The molecule has 1 aromatic carbocycles. The second-order valence-corrected chi connectivity index (χ2v) is 12.2. The van der Waals surface area contributed by atoms with Crippen molar-refractivity contribution in [3.63, 3.8) is 0 Å². The number of carbonyl (C=O) groups is 2. The van der Waals surface area contributed by atoms with Crippen molar-refractivity contribution in [1.29, 1.82) is 0 Å². The number of hydrogen-bond acceptors (Lipinski definition) is 4. The summed E-state index contributed by atoms with van der Waals surface area (Å²) in [5.41, 5.74) is 4.47. The Labute approximate surface area is 226 Å². The van der Waals surface area contributed by atoms with Crippen LogP contribution in [0.5, 0.6) is 0 Å². The van der Waals surface area contributed by atoms with Gasteiger partial charge in [0, 0.05) is 47.8 Å². The highest BCUT2D eigenvalue weighted by Crippen LogP contribution is 2.43. The molecule has 1 aromatic heterocycles. The van der Waals surface area contributed by atoms with E-state index in [1.807, 2.05) is 31.2 Å². The molecular weight excluding hydrogens is 474 g/mol. The molecule has 1 N–H and O–H groups in total. The lowest BCUT2D eigenvalue weighted by Gasteiger charge is -2.34. The zero-order chi connectivity index (χ0) is 26.9. The van der Waals surface area contributed by atoms with Gasteiger partial charge in [0.1, 0.15) is 6.04 Å². The second kappa shape index (κ2) is 11.0. The summed E-state index contributed by atoms with van der Waals surface area (Å²) in [6.45, 7) is 9.24. The molecule has 0 radical (unpaired) electrons. The maximum absolute atomic E-state index is 14.6. The molecule has 2 heterocycles. The van der Waals surface area contributed by atoms with E-state index >= 15 is 0 Å². The quantitative estimate of drug-likeness (QED) is 0.510. The second-order valence-electron chi connectivity index (χ2n) is 12.2. The Morgan fingerprint density at radius 2 is 1.79 bits per heavy atom. The first kappa shape index (κ1) is 26.6. The topological polar surface area (TPSA) is 71.5 Å². The fraction of sp³-hybridized carbons (Fsp3) is 0.531. The Kier molecular flexibility index (Phi) is 7.71. The van der Waals surface area contributed by atoms with Crippen molar-refractivity contribution < 1.29 is 14.3 Å². The van der Waals surface area contributed by atoms with E-state index in [9.17, 15) is 9.59 Å². The van der Waals surface area contributed by atoms with E-state index in [2.05, 4.69) is 43.2 Å². The summed E-state index contributed by atoms with van der Waals surface area (Å²) in [6.07, 6.45) is 10.5. The normalized spacial score (nSPS) is 22.7. The van der Waals surface area contributed by atoms with Crippen molar-refractivity contribution in [2.24, 2.45) is 5.92 Å². The fourth-order valence-electron chi connectivity index (χ4n) is 6.37. The Balaban J connectivity index is 1.59. The van der Waals surface area contributed by atoms with Crippen LogP contribution in [0.4, 0.5) is 5.69 Å². The number of anilines is 1. The minimum Gasteiger partial charge on any atom is -0.377 e. The molecule has 38 heavy (non-hydrogen) atoms. The Hall–Kier alpha value is -2.99. The molecule has 2 aliphatic carbocycles. The van der Waals surface area contributed by atoms with Gasteiger partial charge in [0.25, 0.3) is 5.91 Å². The predicted octanol–water partition coefficient (Wildman–Crippen LogP) is 6.03. The number of rotatable bonds is 6. The van der Waals surface area contributed by atoms with Crippen LogP contribution in [0.1, 0.15) is 89.8 Å². The number of nitrogens with zero attached hydrogens (tertiary/aromatic N) is 2. The third-order valence-corrected chi connectivity index (χ3v) is 8.47. The average molecular weight is 516 g/mol. The molecule has 1 saturated heterocycles. The van der Waals surface area contributed by atoms with Crippen molar-refractivity contribution in [2.75, 3.05) is 11.5 Å². The van der Waals surface area contributed by atoms with Crippen molar-refractivity contribution in [2.45, 2.75) is 96.2 Å². The minimum atomic E-state index is -0.819. The summed E-state index contributed by atoms with van der Waals surface area (Å²) in [6, 6.07) is 11.2. The maximum atomic E-state index is 14.6. The van der Waals surface area contributed by atoms with E-state index in [1.54, 1.807) is 17.3 Å². The van der Waals surface area contributed by atoms with Crippen LogP contribution in [0.3, 0.4) is 0 Å². The van der Waals surface area contributed by atoms with Crippen molar-refractivity contribution >= 4 is 17.5 Å². The van der Waals surface area contributed by atoms with Crippen molar-refractivity contribution in [3.8, 4) is 0 Å². The lowest BCUT2D eigenvalue weighted by Crippen LogP contribution is -2.48. The lowest BCUT2D eigenvalue weighted by atomic mass is 9.87. The van der Waals surface area contributed by atoms with Gasteiger partial charge >= 0.3 is 0 Å².